The van der Waals surface area contributed by atoms with Crippen LogP contribution >= 0.6 is 22.6 Å². The van der Waals surface area contributed by atoms with Crippen LogP contribution in [0.3, 0.4) is 0 Å². The van der Waals surface area contributed by atoms with Gasteiger partial charge >= 0.3 is 0 Å². The van der Waals surface area contributed by atoms with E-state index in [0.29, 0.717) is 0 Å². The molecule has 3 aromatic rings. The highest BCUT2D eigenvalue weighted by Crippen LogP contribution is 2.29. The lowest BCUT2D eigenvalue weighted by Gasteiger charge is -2.08. The Balaban J connectivity index is 2.12. The standard InChI is InChI=1S/C16H11IN2/c17-16-4-3-13(12-5-8-18-9-6-12)10-15(16)14-2-1-7-19-11-14/h1-11H. The van der Waals surface area contributed by atoms with E-state index in [2.05, 4.69) is 56.8 Å². The first kappa shape index (κ1) is 12.3. The van der Waals surface area contributed by atoms with Crippen LogP contribution in [0.15, 0.2) is 67.3 Å². The average molecular weight is 358 g/mol. The number of rotatable bonds is 2. The number of pyridine rings is 2. The van der Waals surface area contributed by atoms with Crippen molar-refractivity contribution >= 4 is 22.6 Å². The molecule has 0 amide bonds. The molecule has 0 fully saturated rings. The molecule has 1 aromatic carbocycles. The van der Waals surface area contributed by atoms with Gasteiger partial charge in [0.2, 0.25) is 0 Å². The van der Waals surface area contributed by atoms with E-state index in [4.69, 9.17) is 0 Å². The predicted octanol–water partition coefficient (Wildman–Crippen LogP) is 4.42. The fourth-order valence-corrected chi connectivity index (χ4v) is 2.64. The summed E-state index contributed by atoms with van der Waals surface area (Å²) in [6, 6.07) is 14.6. The minimum atomic E-state index is 1.14. The Morgan fingerprint density at radius 3 is 2.32 bits per heavy atom. The summed E-state index contributed by atoms with van der Waals surface area (Å²) in [5, 5.41) is 0. The summed E-state index contributed by atoms with van der Waals surface area (Å²) in [5.74, 6) is 0. The van der Waals surface area contributed by atoms with Crippen molar-refractivity contribution in [2.45, 2.75) is 0 Å². The number of hydrogen-bond acceptors (Lipinski definition) is 2. The van der Waals surface area contributed by atoms with Crippen LogP contribution in [0.1, 0.15) is 0 Å². The fraction of sp³-hybridized carbons (Fsp3) is 0. The van der Waals surface area contributed by atoms with E-state index in [1.54, 1.807) is 6.20 Å². The molecule has 0 spiro atoms. The maximum absolute atomic E-state index is 4.19. The van der Waals surface area contributed by atoms with Gasteiger partial charge in [-0.15, -0.1) is 0 Å². The normalized spacial score (nSPS) is 10.4. The molecular weight excluding hydrogens is 347 g/mol. The van der Waals surface area contributed by atoms with E-state index in [-0.39, 0.29) is 0 Å². The Morgan fingerprint density at radius 2 is 1.58 bits per heavy atom. The quantitative estimate of drug-likeness (QED) is 0.634. The third kappa shape index (κ3) is 2.66. The molecule has 0 unspecified atom stereocenters. The minimum absolute atomic E-state index is 1.14. The first-order chi connectivity index (χ1) is 9.34. The van der Waals surface area contributed by atoms with Gasteiger partial charge in [0.1, 0.15) is 0 Å². The van der Waals surface area contributed by atoms with E-state index < -0.39 is 0 Å². The largest absolute Gasteiger partial charge is 0.265 e. The fourth-order valence-electron chi connectivity index (χ4n) is 1.99. The predicted molar refractivity (Wildman–Crippen MR) is 85.6 cm³/mol. The lowest BCUT2D eigenvalue weighted by Crippen LogP contribution is -1.86. The first-order valence-corrected chi connectivity index (χ1v) is 7.03. The van der Waals surface area contributed by atoms with Crippen LogP contribution in [0.2, 0.25) is 0 Å². The summed E-state index contributed by atoms with van der Waals surface area (Å²) in [4.78, 5) is 8.25. The zero-order valence-corrected chi connectivity index (χ0v) is 12.3. The minimum Gasteiger partial charge on any atom is -0.265 e. The molecule has 92 valence electrons. The molecule has 2 heterocycles. The van der Waals surface area contributed by atoms with E-state index in [9.17, 15) is 0 Å². The van der Waals surface area contributed by atoms with Crippen molar-refractivity contribution in [1.82, 2.24) is 9.97 Å². The summed E-state index contributed by atoms with van der Waals surface area (Å²) < 4.78 is 1.23. The maximum Gasteiger partial charge on any atom is 0.0346 e. The van der Waals surface area contributed by atoms with Gasteiger partial charge < -0.3 is 0 Å². The van der Waals surface area contributed by atoms with Crippen LogP contribution < -0.4 is 0 Å². The number of aromatic nitrogens is 2. The zero-order valence-electron chi connectivity index (χ0n) is 10.1. The number of nitrogens with zero attached hydrogens (tertiary/aromatic N) is 2. The van der Waals surface area contributed by atoms with Crippen LogP contribution in [0, 0.1) is 3.57 Å². The van der Waals surface area contributed by atoms with Gasteiger partial charge in [-0.25, -0.2) is 0 Å². The van der Waals surface area contributed by atoms with Crippen molar-refractivity contribution in [1.29, 1.82) is 0 Å². The van der Waals surface area contributed by atoms with E-state index in [1.165, 1.54) is 20.3 Å². The lowest BCUT2D eigenvalue weighted by molar-refractivity contribution is 1.32. The molecule has 0 saturated heterocycles. The molecule has 0 atom stereocenters. The molecular formula is C16H11IN2. The summed E-state index contributed by atoms with van der Waals surface area (Å²) in [5.41, 5.74) is 4.73. The van der Waals surface area contributed by atoms with Gasteiger partial charge in [0, 0.05) is 33.9 Å². The monoisotopic (exact) mass is 358 g/mol. The van der Waals surface area contributed by atoms with Crippen molar-refractivity contribution in [3.63, 3.8) is 0 Å². The molecule has 0 saturated carbocycles. The Morgan fingerprint density at radius 1 is 0.737 bits per heavy atom. The highest BCUT2D eigenvalue weighted by atomic mass is 127. The molecule has 0 radical (unpaired) electrons. The third-order valence-corrected chi connectivity index (χ3v) is 3.89. The molecule has 0 N–H and O–H groups in total. The van der Waals surface area contributed by atoms with Crippen molar-refractivity contribution in [2.75, 3.05) is 0 Å². The van der Waals surface area contributed by atoms with Gasteiger partial charge in [0.05, 0.1) is 0 Å². The van der Waals surface area contributed by atoms with E-state index in [1.807, 2.05) is 36.8 Å². The second-order valence-corrected chi connectivity index (χ2v) is 5.33. The lowest BCUT2D eigenvalue weighted by atomic mass is 10.0. The summed E-state index contributed by atoms with van der Waals surface area (Å²) in [6.45, 7) is 0. The second kappa shape index (κ2) is 5.48. The van der Waals surface area contributed by atoms with Crippen molar-refractivity contribution in [3.05, 3.63) is 70.8 Å². The molecule has 2 nitrogen and oxygen atoms in total. The Labute approximate surface area is 125 Å². The highest BCUT2D eigenvalue weighted by molar-refractivity contribution is 14.1. The molecule has 0 aliphatic carbocycles. The van der Waals surface area contributed by atoms with Crippen LogP contribution in [-0.4, -0.2) is 9.97 Å². The Hall–Kier alpha value is -1.75. The smallest absolute Gasteiger partial charge is 0.0346 e. The summed E-state index contributed by atoms with van der Waals surface area (Å²) >= 11 is 2.36. The molecule has 0 bridgehead atoms. The van der Waals surface area contributed by atoms with Gasteiger partial charge in [-0.05, 0) is 69.6 Å². The van der Waals surface area contributed by atoms with Gasteiger partial charge in [-0.3, -0.25) is 9.97 Å². The van der Waals surface area contributed by atoms with Crippen LogP contribution in [0.25, 0.3) is 22.3 Å². The van der Waals surface area contributed by atoms with Crippen molar-refractivity contribution in [3.8, 4) is 22.3 Å². The van der Waals surface area contributed by atoms with Crippen molar-refractivity contribution < 1.29 is 0 Å². The summed E-state index contributed by atoms with van der Waals surface area (Å²) in [6.07, 6.45) is 7.32. The van der Waals surface area contributed by atoms with Gasteiger partial charge in [0.25, 0.3) is 0 Å². The molecule has 19 heavy (non-hydrogen) atoms. The van der Waals surface area contributed by atoms with Gasteiger partial charge in [-0.1, -0.05) is 12.1 Å². The van der Waals surface area contributed by atoms with Crippen LogP contribution in [0.4, 0.5) is 0 Å². The second-order valence-electron chi connectivity index (χ2n) is 4.17. The van der Waals surface area contributed by atoms with E-state index >= 15 is 0 Å². The number of hydrogen-bond donors (Lipinski definition) is 0. The highest BCUT2D eigenvalue weighted by Gasteiger charge is 2.05. The number of benzene rings is 1. The topological polar surface area (TPSA) is 25.8 Å². The van der Waals surface area contributed by atoms with Crippen molar-refractivity contribution in [2.24, 2.45) is 0 Å². The number of halogens is 1. The average Bonchev–Trinajstić information content (AvgIpc) is 2.49. The SMILES string of the molecule is Ic1ccc(-c2ccncc2)cc1-c1cccnc1. The molecule has 0 aliphatic heterocycles. The molecule has 0 aliphatic rings. The summed E-state index contributed by atoms with van der Waals surface area (Å²) in [7, 11) is 0. The first-order valence-electron chi connectivity index (χ1n) is 5.95. The third-order valence-electron chi connectivity index (χ3n) is 2.95. The maximum atomic E-state index is 4.19. The Bertz CT molecular complexity index is 682. The van der Waals surface area contributed by atoms with Crippen LogP contribution in [0.5, 0.6) is 0 Å². The molecule has 3 heteroatoms. The molecule has 2 aromatic heterocycles. The van der Waals surface area contributed by atoms with Crippen LogP contribution in [-0.2, 0) is 0 Å². The van der Waals surface area contributed by atoms with Gasteiger partial charge in [-0.2, -0.15) is 0 Å². The molecule has 3 rings (SSSR count). The zero-order chi connectivity index (χ0) is 13.1. The van der Waals surface area contributed by atoms with Gasteiger partial charge in [0.15, 0.2) is 0 Å². The van der Waals surface area contributed by atoms with E-state index in [0.717, 1.165) is 5.56 Å². The Kier molecular flexibility index (Phi) is 3.55.